The predicted molar refractivity (Wildman–Crippen MR) is 124 cm³/mol. The first kappa shape index (κ1) is 25.0. The average Bonchev–Trinajstić information content (AvgIpc) is 3.30. The molecule has 1 fully saturated rings. The van der Waals surface area contributed by atoms with Crippen LogP contribution in [0.2, 0.25) is 0 Å². The van der Waals surface area contributed by atoms with Gasteiger partial charge in [0.25, 0.3) is 0 Å². The van der Waals surface area contributed by atoms with Gasteiger partial charge >= 0.3 is 0 Å². The number of ether oxygens (including phenoxy) is 3. The van der Waals surface area contributed by atoms with Crippen LogP contribution in [-0.2, 0) is 26.1 Å². The summed E-state index contributed by atoms with van der Waals surface area (Å²) in [5, 5.41) is 3.39. The lowest BCUT2D eigenvalue weighted by molar-refractivity contribution is 0.0377. The summed E-state index contributed by atoms with van der Waals surface area (Å²) in [6.07, 6.45) is 0.758. The Morgan fingerprint density at radius 1 is 1.12 bits per heavy atom. The van der Waals surface area contributed by atoms with Crippen LogP contribution in [0.4, 0.5) is 0 Å². The van der Waals surface area contributed by atoms with Crippen molar-refractivity contribution in [2.45, 2.75) is 24.8 Å². The molecule has 2 aromatic carbocycles. The van der Waals surface area contributed by atoms with Gasteiger partial charge in [0.15, 0.2) is 0 Å². The van der Waals surface area contributed by atoms with Crippen molar-refractivity contribution >= 4 is 10.0 Å². The molecule has 33 heavy (non-hydrogen) atoms. The van der Waals surface area contributed by atoms with E-state index in [2.05, 4.69) is 10.0 Å². The fourth-order valence-corrected chi connectivity index (χ4v) is 5.22. The first-order chi connectivity index (χ1) is 16.0. The summed E-state index contributed by atoms with van der Waals surface area (Å²) in [6, 6.07) is 14.8. The van der Waals surface area contributed by atoms with Gasteiger partial charge in [-0.3, -0.25) is 0 Å². The van der Waals surface area contributed by atoms with Crippen LogP contribution in [0.25, 0.3) is 10.4 Å². The minimum absolute atomic E-state index is 0.150. The Bertz CT molecular complexity index is 1040. The van der Waals surface area contributed by atoms with Crippen LogP contribution in [0.1, 0.15) is 17.5 Å². The van der Waals surface area contributed by atoms with Gasteiger partial charge in [0.05, 0.1) is 31.3 Å². The highest BCUT2D eigenvalue weighted by molar-refractivity contribution is 7.89. The first-order valence-corrected chi connectivity index (χ1v) is 12.4. The van der Waals surface area contributed by atoms with E-state index in [0.29, 0.717) is 58.4 Å². The molecule has 1 saturated heterocycles. The number of sulfonamides is 1. The summed E-state index contributed by atoms with van der Waals surface area (Å²) >= 11 is 0. The van der Waals surface area contributed by atoms with Gasteiger partial charge in [-0.1, -0.05) is 35.4 Å². The zero-order valence-corrected chi connectivity index (χ0v) is 19.6. The highest BCUT2D eigenvalue weighted by Crippen LogP contribution is 2.28. The van der Waals surface area contributed by atoms with Crippen LogP contribution in [-0.4, -0.2) is 58.8 Å². The number of benzene rings is 2. The molecule has 0 spiro atoms. The smallest absolute Gasteiger partial charge is 0.243 e. The van der Waals surface area contributed by atoms with Crippen LogP contribution in [0.3, 0.4) is 0 Å². The standard InChI is InChI=1S/C23H30N4O5S/c1-19-15-22(7-8-23(19)32-18-20-5-3-2-4-6-20)33(28,29)27-11-9-21(16-27)17-31-14-13-30-12-10-25-26-24/h2-8,15,21H,9-14,16-18H2,1H3/t21-/m0/s1. The van der Waals surface area contributed by atoms with E-state index in [-0.39, 0.29) is 10.8 Å². The molecule has 9 nitrogen and oxygen atoms in total. The van der Waals surface area contributed by atoms with Crippen molar-refractivity contribution in [3.63, 3.8) is 0 Å². The summed E-state index contributed by atoms with van der Waals surface area (Å²) in [4.78, 5) is 2.93. The van der Waals surface area contributed by atoms with Crippen LogP contribution in [0.15, 0.2) is 58.5 Å². The van der Waals surface area contributed by atoms with Crippen molar-refractivity contribution in [3.05, 3.63) is 70.1 Å². The molecule has 1 aliphatic heterocycles. The second-order valence-corrected chi connectivity index (χ2v) is 9.80. The Morgan fingerprint density at radius 3 is 2.67 bits per heavy atom. The monoisotopic (exact) mass is 474 g/mol. The second kappa shape index (κ2) is 12.6. The molecule has 1 atom stereocenters. The van der Waals surface area contributed by atoms with E-state index < -0.39 is 10.0 Å². The summed E-state index contributed by atoms with van der Waals surface area (Å²) in [5.41, 5.74) is 10.0. The van der Waals surface area contributed by atoms with Gasteiger partial charge in [0.2, 0.25) is 10.0 Å². The van der Waals surface area contributed by atoms with E-state index in [1.807, 2.05) is 37.3 Å². The molecule has 10 heteroatoms. The van der Waals surface area contributed by atoms with Crippen LogP contribution in [0, 0.1) is 12.8 Å². The molecule has 3 rings (SSSR count). The molecule has 0 unspecified atom stereocenters. The molecule has 1 aliphatic rings. The molecule has 1 heterocycles. The Labute approximate surface area is 194 Å². The van der Waals surface area contributed by atoms with Gasteiger partial charge in [0.1, 0.15) is 12.4 Å². The van der Waals surface area contributed by atoms with Gasteiger partial charge in [-0.05, 0) is 54.1 Å². The van der Waals surface area contributed by atoms with E-state index >= 15 is 0 Å². The fourth-order valence-electron chi connectivity index (χ4n) is 3.60. The Morgan fingerprint density at radius 2 is 1.91 bits per heavy atom. The molecule has 0 aromatic heterocycles. The summed E-state index contributed by atoms with van der Waals surface area (Å²) in [7, 11) is -3.57. The van der Waals surface area contributed by atoms with Crippen molar-refractivity contribution in [1.82, 2.24) is 4.31 Å². The summed E-state index contributed by atoms with van der Waals surface area (Å²) < 4.78 is 44.5. The lowest BCUT2D eigenvalue weighted by atomic mass is 10.1. The molecular weight excluding hydrogens is 444 g/mol. The number of hydrogen-bond donors (Lipinski definition) is 0. The largest absolute Gasteiger partial charge is 0.489 e. The van der Waals surface area contributed by atoms with Crippen molar-refractivity contribution in [1.29, 1.82) is 0 Å². The third kappa shape index (κ3) is 7.45. The van der Waals surface area contributed by atoms with Crippen LogP contribution >= 0.6 is 0 Å². The topological polar surface area (TPSA) is 114 Å². The molecule has 0 N–H and O–H groups in total. The molecule has 0 radical (unpaired) electrons. The minimum Gasteiger partial charge on any atom is -0.489 e. The maximum atomic E-state index is 13.1. The normalized spacial score (nSPS) is 16.5. The quantitative estimate of drug-likeness (QED) is 0.189. The summed E-state index contributed by atoms with van der Waals surface area (Å²) in [6.45, 7) is 5.17. The van der Waals surface area contributed by atoms with Gasteiger partial charge in [-0.25, -0.2) is 8.42 Å². The lowest BCUT2D eigenvalue weighted by Crippen LogP contribution is -2.29. The lowest BCUT2D eigenvalue weighted by Gasteiger charge is -2.18. The van der Waals surface area contributed by atoms with Gasteiger partial charge in [-0.15, -0.1) is 0 Å². The molecule has 0 saturated carbocycles. The van der Waals surface area contributed by atoms with Crippen molar-refractivity contribution in [2.24, 2.45) is 11.0 Å². The van der Waals surface area contributed by atoms with E-state index in [0.717, 1.165) is 17.5 Å². The summed E-state index contributed by atoms with van der Waals surface area (Å²) in [5.74, 6) is 0.824. The average molecular weight is 475 g/mol. The third-order valence-electron chi connectivity index (χ3n) is 5.39. The zero-order valence-electron chi connectivity index (χ0n) is 18.8. The number of hydrogen-bond acceptors (Lipinski definition) is 6. The maximum absolute atomic E-state index is 13.1. The highest BCUT2D eigenvalue weighted by atomic mass is 32.2. The molecule has 0 aliphatic carbocycles. The van der Waals surface area contributed by atoms with Gasteiger partial charge < -0.3 is 14.2 Å². The van der Waals surface area contributed by atoms with Crippen molar-refractivity contribution < 1.29 is 22.6 Å². The second-order valence-electron chi connectivity index (χ2n) is 7.86. The molecule has 0 bridgehead atoms. The van der Waals surface area contributed by atoms with E-state index in [4.69, 9.17) is 19.7 Å². The van der Waals surface area contributed by atoms with E-state index in [1.54, 1.807) is 18.2 Å². The van der Waals surface area contributed by atoms with Crippen LogP contribution in [0.5, 0.6) is 5.75 Å². The highest BCUT2D eigenvalue weighted by Gasteiger charge is 2.32. The molecule has 178 valence electrons. The van der Waals surface area contributed by atoms with Crippen molar-refractivity contribution in [3.8, 4) is 5.75 Å². The van der Waals surface area contributed by atoms with Gasteiger partial charge in [0, 0.05) is 24.5 Å². The Hall–Kier alpha value is -2.62. The molecular formula is C23H30N4O5S. The van der Waals surface area contributed by atoms with Crippen LogP contribution < -0.4 is 4.74 Å². The number of azide groups is 1. The number of rotatable bonds is 13. The molecule has 0 amide bonds. The van der Waals surface area contributed by atoms with Gasteiger partial charge in [-0.2, -0.15) is 4.31 Å². The molecule has 2 aromatic rings. The number of nitrogens with zero attached hydrogens (tertiary/aromatic N) is 4. The SMILES string of the molecule is Cc1cc(S(=O)(=O)N2CC[C@H](COCCOCCN=[N+]=[N-])C2)ccc1OCc1ccccc1. The maximum Gasteiger partial charge on any atom is 0.243 e. The Kier molecular flexibility index (Phi) is 9.53. The Balaban J connectivity index is 1.46. The van der Waals surface area contributed by atoms with E-state index in [9.17, 15) is 8.42 Å². The van der Waals surface area contributed by atoms with E-state index in [1.165, 1.54) is 4.31 Å². The predicted octanol–water partition coefficient (Wildman–Crippen LogP) is 3.93. The number of aryl methyl sites for hydroxylation is 1. The first-order valence-electron chi connectivity index (χ1n) is 10.9. The fraction of sp³-hybridized carbons (Fsp3) is 0.478. The third-order valence-corrected chi connectivity index (χ3v) is 7.26. The van der Waals surface area contributed by atoms with Crippen molar-refractivity contribution in [2.75, 3.05) is 46.1 Å². The zero-order chi connectivity index (χ0) is 23.5. The minimum atomic E-state index is -3.57.